The summed E-state index contributed by atoms with van der Waals surface area (Å²) >= 11 is 0. The van der Waals surface area contributed by atoms with Gasteiger partial charge in [0.1, 0.15) is 6.04 Å². The standard InChI is InChI=1S/C12H20N4O/c1-2-16-8-9(7-14-16)11(12(13)17)15-10-5-3-4-6-10/h7-8,10-11,15H,2-6H2,1H3,(H2,13,17). The van der Waals surface area contributed by atoms with E-state index in [2.05, 4.69) is 10.4 Å². The molecule has 1 aliphatic rings. The average molecular weight is 236 g/mol. The Hall–Kier alpha value is -1.36. The first-order valence-electron chi connectivity index (χ1n) is 6.28. The summed E-state index contributed by atoms with van der Waals surface area (Å²) in [7, 11) is 0. The number of primary amides is 1. The second-order valence-electron chi connectivity index (χ2n) is 4.61. The Morgan fingerprint density at radius 3 is 2.88 bits per heavy atom. The van der Waals surface area contributed by atoms with Gasteiger partial charge in [0.2, 0.25) is 5.91 Å². The molecular weight excluding hydrogens is 216 g/mol. The van der Waals surface area contributed by atoms with Crippen molar-refractivity contribution in [1.29, 1.82) is 0 Å². The third-order valence-electron chi connectivity index (χ3n) is 3.35. The van der Waals surface area contributed by atoms with Gasteiger partial charge in [0, 0.05) is 24.3 Å². The molecule has 17 heavy (non-hydrogen) atoms. The van der Waals surface area contributed by atoms with Gasteiger partial charge in [-0.15, -0.1) is 0 Å². The molecular formula is C12H20N4O. The maximum Gasteiger partial charge on any atom is 0.239 e. The molecule has 3 N–H and O–H groups in total. The predicted molar refractivity (Wildman–Crippen MR) is 65.2 cm³/mol. The lowest BCUT2D eigenvalue weighted by Gasteiger charge is -2.19. The number of nitrogens with two attached hydrogens (primary N) is 1. The van der Waals surface area contributed by atoms with Crippen LogP contribution in [0.2, 0.25) is 0 Å². The van der Waals surface area contributed by atoms with Crippen molar-refractivity contribution >= 4 is 5.91 Å². The highest BCUT2D eigenvalue weighted by Crippen LogP contribution is 2.21. The number of nitrogens with one attached hydrogen (secondary N) is 1. The number of hydrogen-bond acceptors (Lipinski definition) is 3. The summed E-state index contributed by atoms with van der Waals surface area (Å²) < 4.78 is 1.81. The van der Waals surface area contributed by atoms with Crippen LogP contribution < -0.4 is 11.1 Å². The molecule has 94 valence electrons. The van der Waals surface area contributed by atoms with Crippen LogP contribution in [0.25, 0.3) is 0 Å². The van der Waals surface area contributed by atoms with Crippen molar-refractivity contribution in [3.8, 4) is 0 Å². The molecule has 0 bridgehead atoms. The van der Waals surface area contributed by atoms with Crippen LogP contribution in [0.5, 0.6) is 0 Å². The van der Waals surface area contributed by atoms with Crippen molar-refractivity contribution in [1.82, 2.24) is 15.1 Å². The lowest BCUT2D eigenvalue weighted by molar-refractivity contribution is -0.120. The summed E-state index contributed by atoms with van der Waals surface area (Å²) in [5, 5.41) is 7.52. The van der Waals surface area contributed by atoms with Gasteiger partial charge in [-0.05, 0) is 19.8 Å². The fourth-order valence-electron chi connectivity index (χ4n) is 2.37. The van der Waals surface area contributed by atoms with Crippen LogP contribution in [0.3, 0.4) is 0 Å². The molecule has 1 atom stereocenters. The van der Waals surface area contributed by atoms with E-state index in [0.717, 1.165) is 24.9 Å². The Kier molecular flexibility index (Phi) is 3.78. The Morgan fingerprint density at radius 1 is 1.65 bits per heavy atom. The van der Waals surface area contributed by atoms with E-state index in [1.807, 2.05) is 17.8 Å². The molecule has 0 aliphatic heterocycles. The molecule has 1 aliphatic carbocycles. The Morgan fingerprint density at radius 2 is 2.35 bits per heavy atom. The van der Waals surface area contributed by atoms with Crippen molar-refractivity contribution in [2.24, 2.45) is 5.73 Å². The van der Waals surface area contributed by atoms with E-state index in [1.54, 1.807) is 6.20 Å². The second kappa shape index (κ2) is 5.31. The van der Waals surface area contributed by atoms with Crippen molar-refractivity contribution < 1.29 is 4.79 Å². The highest BCUT2D eigenvalue weighted by atomic mass is 16.1. The van der Waals surface area contributed by atoms with Gasteiger partial charge in [0.05, 0.1) is 6.20 Å². The first kappa shape index (κ1) is 12.1. The smallest absolute Gasteiger partial charge is 0.239 e. The second-order valence-corrected chi connectivity index (χ2v) is 4.61. The topological polar surface area (TPSA) is 72.9 Å². The zero-order chi connectivity index (χ0) is 12.3. The van der Waals surface area contributed by atoms with E-state index in [9.17, 15) is 4.79 Å². The molecule has 5 nitrogen and oxygen atoms in total. The van der Waals surface area contributed by atoms with Crippen LogP contribution in [0.15, 0.2) is 12.4 Å². The summed E-state index contributed by atoms with van der Waals surface area (Å²) in [6.07, 6.45) is 8.34. The van der Waals surface area contributed by atoms with Gasteiger partial charge in [0.15, 0.2) is 0 Å². The average Bonchev–Trinajstić information content (AvgIpc) is 2.96. The SMILES string of the molecule is CCn1cc(C(NC2CCCC2)C(N)=O)cn1. The quantitative estimate of drug-likeness (QED) is 0.799. The van der Waals surface area contributed by atoms with E-state index in [4.69, 9.17) is 5.73 Å². The van der Waals surface area contributed by atoms with Crippen molar-refractivity contribution in [2.45, 2.75) is 51.2 Å². The number of carbonyl (C=O) groups excluding carboxylic acids is 1. The van der Waals surface area contributed by atoms with Crippen LogP contribution in [-0.2, 0) is 11.3 Å². The fourth-order valence-corrected chi connectivity index (χ4v) is 2.37. The Labute approximate surface area is 101 Å². The van der Waals surface area contributed by atoms with E-state index < -0.39 is 6.04 Å². The van der Waals surface area contributed by atoms with Gasteiger partial charge in [-0.2, -0.15) is 5.10 Å². The lowest BCUT2D eigenvalue weighted by atomic mass is 10.1. The van der Waals surface area contributed by atoms with Crippen LogP contribution in [0, 0.1) is 0 Å². The molecule has 1 aromatic rings. The summed E-state index contributed by atoms with van der Waals surface area (Å²) in [5.74, 6) is -0.326. The number of rotatable bonds is 5. The number of amides is 1. The minimum Gasteiger partial charge on any atom is -0.368 e. The van der Waals surface area contributed by atoms with Crippen LogP contribution in [0.4, 0.5) is 0 Å². The van der Waals surface area contributed by atoms with E-state index in [-0.39, 0.29) is 5.91 Å². The molecule has 0 spiro atoms. The Balaban J connectivity index is 2.07. The first-order valence-corrected chi connectivity index (χ1v) is 6.28. The van der Waals surface area contributed by atoms with Gasteiger partial charge < -0.3 is 5.73 Å². The van der Waals surface area contributed by atoms with E-state index in [1.165, 1.54) is 12.8 Å². The summed E-state index contributed by atoms with van der Waals surface area (Å²) in [5.41, 5.74) is 6.33. The molecule has 0 aromatic carbocycles. The number of hydrogen-bond donors (Lipinski definition) is 2. The molecule has 2 rings (SSSR count). The molecule has 0 saturated heterocycles. The molecule has 1 aromatic heterocycles. The number of nitrogens with zero attached hydrogens (tertiary/aromatic N) is 2. The van der Waals surface area contributed by atoms with Crippen LogP contribution in [-0.4, -0.2) is 21.7 Å². The fraction of sp³-hybridized carbons (Fsp3) is 0.667. The molecule has 1 amide bonds. The molecule has 1 unspecified atom stereocenters. The van der Waals surface area contributed by atoms with Crippen LogP contribution in [0.1, 0.15) is 44.2 Å². The van der Waals surface area contributed by atoms with Crippen molar-refractivity contribution in [2.75, 3.05) is 0 Å². The van der Waals surface area contributed by atoms with Gasteiger partial charge in [-0.1, -0.05) is 12.8 Å². The van der Waals surface area contributed by atoms with Gasteiger partial charge in [-0.25, -0.2) is 0 Å². The van der Waals surface area contributed by atoms with Gasteiger partial charge in [0.25, 0.3) is 0 Å². The third kappa shape index (κ3) is 2.85. The molecule has 5 heteroatoms. The minimum atomic E-state index is -0.404. The monoisotopic (exact) mass is 236 g/mol. The molecule has 1 fully saturated rings. The van der Waals surface area contributed by atoms with Gasteiger partial charge >= 0.3 is 0 Å². The maximum absolute atomic E-state index is 11.5. The third-order valence-corrected chi connectivity index (χ3v) is 3.35. The summed E-state index contributed by atoms with van der Waals surface area (Å²) in [6.45, 7) is 2.81. The lowest BCUT2D eigenvalue weighted by Crippen LogP contribution is -2.38. The summed E-state index contributed by atoms with van der Waals surface area (Å²) in [6, 6.07) is 0.0101. The normalized spacial score (nSPS) is 18.4. The molecule has 1 saturated carbocycles. The summed E-state index contributed by atoms with van der Waals surface area (Å²) in [4.78, 5) is 11.5. The zero-order valence-corrected chi connectivity index (χ0v) is 10.2. The highest BCUT2D eigenvalue weighted by Gasteiger charge is 2.24. The van der Waals surface area contributed by atoms with Crippen molar-refractivity contribution in [3.63, 3.8) is 0 Å². The van der Waals surface area contributed by atoms with E-state index in [0.29, 0.717) is 6.04 Å². The largest absolute Gasteiger partial charge is 0.368 e. The zero-order valence-electron chi connectivity index (χ0n) is 10.2. The van der Waals surface area contributed by atoms with Crippen LogP contribution >= 0.6 is 0 Å². The minimum absolute atomic E-state index is 0.326. The number of carbonyl (C=O) groups is 1. The van der Waals surface area contributed by atoms with E-state index >= 15 is 0 Å². The maximum atomic E-state index is 11.5. The van der Waals surface area contributed by atoms with Crippen molar-refractivity contribution in [3.05, 3.63) is 18.0 Å². The number of aryl methyl sites for hydroxylation is 1. The first-order chi connectivity index (χ1) is 8.20. The predicted octanol–water partition coefficient (Wildman–Crippen LogP) is 0.962. The molecule has 0 radical (unpaired) electrons. The highest BCUT2D eigenvalue weighted by molar-refractivity contribution is 5.81. The number of aromatic nitrogens is 2. The van der Waals surface area contributed by atoms with Gasteiger partial charge in [-0.3, -0.25) is 14.8 Å². The Bertz CT molecular complexity index is 382. The molecule has 1 heterocycles.